The first kappa shape index (κ1) is 24.5. The molecule has 1 aromatic carbocycles. The number of aromatic hydroxyl groups is 1. The molecule has 38 heavy (non-hydrogen) atoms. The number of amides is 2. The average Bonchev–Trinajstić information content (AvgIpc) is 3.73. The van der Waals surface area contributed by atoms with E-state index in [9.17, 15) is 14.7 Å². The molecule has 3 aliphatic rings. The van der Waals surface area contributed by atoms with Crippen molar-refractivity contribution in [2.75, 3.05) is 31.6 Å². The van der Waals surface area contributed by atoms with E-state index in [1.165, 1.54) is 24.0 Å². The van der Waals surface area contributed by atoms with E-state index in [2.05, 4.69) is 17.6 Å². The van der Waals surface area contributed by atoms with Crippen LogP contribution in [0, 0.1) is 0 Å². The number of nitrogens with two attached hydrogens (primary N) is 1. The van der Waals surface area contributed by atoms with Gasteiger partial charge in [0.2, 0.25) is 5.91 Å². The summed E-state index contributed by atoms with van der Waals surface area (Å²) in [5, 5.41) is 16.6. The molecule has 0 spiro atoms. The lowest BCUT2D eigenvalue weighted by Crippen LogP contribution is -2.46. The Morgan fingerprint density at radius 2 is 2.03 bits per heavy atom. The smallest absolute Gasteiger partial charge is 0.258 e. The van der Waals surface area contributed by atoms with Gasteiger partial charge in [-0.3, -0.25) is 9.59 Å². The molecule has 6 rings (SSSR count). The molecular formula is C28H30N6O3S. The van der Waals surface area contributed by atoms with Gasteiger partial charge < -0.3 is 20.6 Å². The minimum atomic E-state index is -0.408. The van der Waals surface area contributed by atoms with Crippen molar-refractivity contribution in [3.05, 3.63) is 71.2 Å². The maximum atomic E-state index is 13.8. The summed E-state index contributed by atoms with van der Waals surface area (Å²) in [6.07, 6.45) is 8.16. The fourth-order valence-corrected chi connectivity index (χ4v) is 6.05. The van der Waals surface area contributed by atoms with Crippen LogP contribution in [0.2, 0.25) is 0 Å². The summed E-state index contributed by atoms with van der Waals surface area (Å²) in [5.41, 5.74) is 11.5. The third kappa shape index (κ3) is 4.13. The standard InChI is InChI=1S/C28H30N6O3S/c1-3-26(36)32-10-8-20-27-22(34(31-20)21-7-6-17(12-24(21)35)16-4-5-16)9-11-33(23(27)15-32)28(37)18-14-30-25(38-2)13-19(18)29/h3,6-7,12-14,16,23,35H,1,4-5,8-11,15H2,2H3,(H2,29,30)/t23-/m0/s1. The van der Waals surface area contributed by atoms with E-state index in [0.29, 0.717) is 55.3 Å². The summed E-state index contributed by atoms with van der Waals surface area (Å²) < 4.78 is 1.83. The van der Waals surface area contributed by atoms with E-state index >= 15 is 0 Å². The molecule has 10 heteroatoms. The number of aromatic nitrogens is 3. The molecule has 1 saturated carbocycles. The monoisotopic (exact) mass is 530 g/mol. The molecule has 2 aromatic heterocycles. The highest BCUT2D eigenvalue weighted by atomic mass is 32.2. The fourth-order valence-electron chi connectivity index (χ4n) is 5.65. The van der Waals surface area contributed by atoms with Crippen molar-refractivity contribution in [2.24, 2.45) is 0 Å². The first-order chi connectivity index (χ1) is 18.4. The van der Waals surface area contributed by atoms with Crippen LogP contribution in [-0.2, 0) is 17.6 Å². The van der Waals surface area contributed by atoms with Crippen LogP contribution in [0.25, 0.3) is 5.69 Å². The minimum absolute atomic E-state index is 0.179. The number of nitrogens with zero attached hydrogens (tertiary/aromatic N) is 5. The van der Waals surface area contributed by atoms with E-state index in [0.717, 1.165) is 40.4 Å². The number of benzene rings is 1. The van der Waals surface area contributed by atoms with Gasteiger partial charge >= 0.3 is 0 Å². The summed E-state index contributed by atoms with van der Waals surface area (Å²) in [6, 6.07) is 7.16. The van der Waals surface area contributed by atoms with Gasteiger partial charge in [0.05, 0.1) is 28.0 Å². The zero-order valence-corrected chi connectivity index (χ0v) is 22.1. The topological polar surface area (TPSA) is 118 Å². The van der Waals surface area contributed by atoms with Gasteiger partial charge in [-0.1, -0.05) is 12.6 Å². The first-order valence-electron chi connectivity index (χ1n) is 12.8. The number of anilines is 1. The second kappa shape index (κ2) is 9.50. The molecular weight excluding hydrogens is 500 g/mol. The Balaban J connectivity index is 1.42. The van der Waals surface area contributed by atoms with Gasteiger partial charge in [0.25, 0.3) is 5.91 Å². The van der Waals surface area contributed by atoms with Crippen molar-refractivity contribution >= 4 is 29.3 Å². The second-order valence-corrected chi connectivity index (χ2v) is 10.9. The number of phenolic OH excluding ortho intramolecular Hbond substituents is 1. The molecule has 1 fully saturated rings. The van der Waals surface area contributed by atoms with Crippen LogP contribution < -0.4 is 5.73 Å². The minimum Gasteiger partial charge on any atom is -0.506 e. The van der Waals surface area contributed by atoms with Crippen LogP contribution in [0.3, 0.4) is 0 Å². The predicted octanol–water partition coefficient (Wildman–Crippen LogP) is 3.46. The van der Waals surface area contributed by atoms with Gasteiger partial charge in [-0.05, 0) is 54.9 Å². The number of nitrogen functional groups attached to an aromatic ring is 1. The third-order valence-corrected chi connectivity index (χ3v) is 8.42. The molecule has 3 aromatic rings. The first-order valence-corrected chi connectivity index (χ1v) is 14.1. The molecule has 0 unspecified atom stereocenters. The van der Waals surface area contributed by atoms with Crippen molar-refractivity contribution in [1.82, 2.24) is 24.6 Å². The number of carbonyl (C=O) groups is 2. The number of rotatable bonds is 5. The third-order valence-electron chi connectivity index (χ3n) is 7.78. The normalized spacial score (nSPS) is 18.6. The lowest BCUT2D eigenvalue weighted by Gasteiger charge is -2.38. The van der Waals surface area contributed by atoms with E-state index in [1.807, 2.05) is 23.1 Å². The average molecular weight is 531 g/mol. The maximum absolute atomic E-state index is 13.8. The molecule has 3 N–H and O–H groups in total. The summed E-state index contributed by atoms with van der Waals surface area (Å²) >= 11 is 1.46. The van der Waals surface area contributed by atoms with E-state index in [1.54, 1.807) is 15.9 Å². The van der Waals surface area contributed by atoms with Gasteiger partial charge in [-0.25, -0.2) is 9.67 Å². The number of hydrogen-bond acceptors (Lipinski definition) is 7. The van der Waals surface area contributed by atoms with Gasteiger partial charge in [-0.2, -0.15) is 5.10 Å². The highest BCUT2D eigenvalue weighted by molar-refractivity contribution is 7.98. The molecule has 0 saturated heterocycles. The highest BCUT2D eigenvalue weighted by Gasteiger charge is 2.40. The predicted molar refractivity (Wildman–Crippen MR) is 146 cm³/mol. The highest BCUT2D eigenvalue weighted by Crippen LogP contribution is 2.43. The Hall–Kier alpha value is -3.79. The van der Waals surface area contributed by atoms with Crippen molar-refractivity contribution in [2.45, 2.75) is 42.7 Å². The Morgan fingerprint density at radius 1 is 1.21 bits per heavy atom. The van der Waals surface area contributed by atoms with Crippen molar-refractivity contribution < 1.29 is 14.7 Å². The Kier molecular flexibility index (Phi) is 6.14. The molecule has 0 radical (unpaired) electrons. The molecule has 2 amide bonds. The molecule has 9 nitrogen and oxygen atoms in total. The molecule has 1 atom stereocenters. The zero-order valence-electron chi connectivity index (χ0n) is 21.3. The van der Waals surface area contributed by atoms with Crippen molar-refractivity contribution in [3.8, 4) is 11.4 Å². The number of pyridine rings is 1. The summed E-state index contributed by atoms with van der Waals surface area (Å²) in [4.78, 5) is 34.4. The van der Waals surface area contributed by atoms with Crippen LogP contribution in [0.5, 0.6) is 5.75 Å². The van der Waals surface area contributed by atoms with Crippen LogP contribution in [-0.4, -0.2) is 67.4 Å². The SMILES string of the molecule is C=CC(=O)N1CCc2nn(-c3ccc(C4CC4)cc3O)c3c2[C@H](C1)N(C(=O)c1cnc(SC)cc1N)CC3. The van der Waals surface area contributed by atoms with Crippen LogP contribution in [0.1, 0.15) is 57.7 Å². The quantitative estimate of drug-likeness (QED) is 0.383. The van der Waals surface area contributed by atoms with Gasteiger partial charge in [-0.15, -0.1) is 11.8 Å². The molecule has 2 aliphatic heterocycles. The molecule has 0 bridgehead atoms. The van der Waals surface area contributed by atoms with Crippen LogP contribution in [0.15, 0.2) is 48.1 Å². The van der Waals surface area contributed by atoms with Crippen molar-refractivity contribution in [1.29, 1.82) is 0 Å². The lowest BCUT2D eigenvalue weighted by molar-refractivity contribution is -0.126. The van der Waals surface area contributed by atoms with Crippen molar-refractivity contribution in [3.63, 3.8) is 0 Å². The van der Waals surface area contributed by atoms with Crippen LogP contribution >= 0.6 is 11.8 Å². The molecule has 1 aliphatic carbocycles. The number of carbonyl (C=O) groups excluding carboxylic acids is 2. The van der Waals surface area contributed by atoms with Gasteiger partial charge in [0, 0.05) is 49.9 Å². The van der Waals surface area contributed by atoms with Gasteiger partial charge in [0.1, 0.15) is 11.4 Å². The summed E-state index contributed by atoms with van der Waals surface area (Å²) in [7, 11) is 0. The number of hydrogen-bond donors (Lipinski definition) is 2. The number of thioether (sulfide) groups is 1. The Bertz CT molecular complexity index is 1460. The van der Waals surface area contributed by atoms with E-state index < -0.39 is 6.04 Å². The van der Waals surface area contributed by atoms with E-state index in [4.69, 9.17) is 10.8 Å². The van der Waals surface area contributed by atoms with Gasteiger partial charge in [0.15, 0.2) is 0 Å². The molecule has 196 valence electrons. The fraction of sp³-hybridized carbons (Fsp3) is 0.357. The lowest BCUT2D eigenvalue weighted by atomic mass is 9.94. The van der Waals surface area contributed by atoms with Crippen LogP contribution in [0.4, 0.5) is 5.69 Å². The maximum Gasteiger partial charge on any atom is 0.258 e. The second-order valence-electron chi connectivity index (χ2n) is 10.1. The molecule has 4 heterocycles. The number of phenols is 1. The summed E-state index contributed by atoms with van der Waals surface area (Å²) in [6.45, 7) is 4.86. The zero-order chi connectivity index (χ0) is 26.6. The van der Waals surface area contributed by atoms with E-state index in [-0.39, 0.29) is 17.6 Å². The Morgan fingerprint density at radius 3 is 2.71 bits per heavy atom. The largest absolute Gasteiger partial charge is 0.506 e. The summed E-state index contributed by atoms with van der Waals surface area (Å²) in [5.74, 6) is 0.337. The Labute approximate surface area is 225 Å².